The molecule has 29 heavy (non-hydrogen) atoms. The standard InChI is InChI=1S/C24H22FN3O/c1-17-6-4-7-18(14-17)15-23-27-21-10-2-3-11-22(21)28(23)13-12-24(29)26-20-9-5-8-19(25)16-20/h2-11,14,16H,12-13,15H2,1H3,(H,26,29). The Morgan fingerprint density at radius 1 is 1.03 bits per heavy atom. The fourth-order valence-corrected chi connectivity index (χ4v) is 3.52. The monoisotopic (exact) mass is 387 g/mol. The highest BCUT2D eigenvalue weighted by molar-refractivity contribution is 5.90. The molecule has 3 aromatic carbocycles. The van der Waals surface area contributed by atoms with E-state index in [0.29, 0.717) is 18.7 Å². The quantitative estimate of drug-likeness (QED) is 0.500. The summed E-state index contributed by atoms with van der Waals surface area (Å²) in [7, 11) is 0. The largest absolute Gasteiger partial charge is 0.327 e. The predicted molar refractivity (Wildman–Crippen MR) is 113 cm³/mol. The van der Waals surface area contributed by atoms with Gasteiger partial charge in [-0.2, -0.15) is 0 Å². The number of nitrogens with zero attached hydrogens (tertiary/aromatic N) is 2. The zero-order valence-corrected chi connectivity index (χ0v) is 16.2. The minimum Gasteiger partial charge on any atom is -0.327 e. The van der Waals surface area contributed by atoms with Crippen molar-refractivity contribution in [2.24, 2.45) is 0 Å². The number of aryl methyl sites for hydroxylation is 2. The molecule has 0 aliphatic rings. The molecule has 0 bridgehead atoms. The molecule has 4 rings (SSSR count). The summed E-state index contributed by atoms with van der Waals surface area (Å²) in [6.07, 6.45) is 0.972. The molecule has 1 aromatic heterocycles. The van der Waals surface area contributed by atoms with Crippen molar-refractivity contribution in [3.63, 3.8) is 0 Å². The van der Waals surface area contributed by atoms with Crippen molar-refractivity contribution in [3.8, 4) is 0 Å². The van der Waals surface area contributed by atoms with Crippen LogP contribution in [0.5, 0.6) is 0 Å². The molecular formula is C24H22FN3O. The Balaban J connectivity index is 1.54. The number of hydrogen-bond donors (Lipinski definition) is 1. The van der Waals surface area contributed by atoms with E-state index in [4.69, 9.17) is 4.98 Å². The maximum absolute atomic E-state index is 13.3. The third kappa shape index (κ3) is 4.51. The lowest BCUT2D eigenvalue weighted by molar-refractivity contribution is -0.116. The smallest absolute Gasteiger partial charge is 0.226 e. The van der Waals surface area contributed by atoms with E-state index < -0.39 is 0 Å². The van der Waals surface area contributed by atoms with Gasteiger partial charge >= 0.3 is 0 Å². The van der Waals surface area contributed by atoms with Crippen LogP contribution in [0.3, 0.4) is 0 Å². The van der Waals surface area contributed by atoms with Gasteiger partial charge in [0.25, 0.3) is 0 Å². The first-order valence-corrected chi connectivity index (χ1v) is 9.63. The Hall–Kier alpha value is -3.47. The van der Waals surface area contributed by atoms with Crippen molar-refractivity contribution in [1.29, 1.82) is 0 Å². The van der Waals surface area contributed by atoms with Gasteiger partial charge in [0.1, 0.15) is 11.6 Å². The summed E-state index contributed by atoms with van der Waals surface area (Å²) in [5, 5.41) is 2.76. The first-order chi connectivity index (χ1) is 14.1. The first kappa shape index (κ1) is 18.9. The van der Waals surface area contributed by atoms with Gasteiger partial charge in [-0.15, -0.1) is 0 Å². The number of amides is 1. The van der Waals surface area contributed by atoms with Gasteiger partial charge in [0.2, 0.25) is 5.91 Å². The lowest BCUT2D eigenvalue weighted by atomic mass is 10.1. The van der Waals surface area contributed by atoms with Crippen LogP contribution in [0.4, 0.5) is 10.1 Å². The Kier molecular flexibility index (Phi) is 5.38. The molecule has 1 N–H and O–H groups in total. The number of rotatable bonds is 6. The van der Waals surface area contributed by atoms with Crippen molar-refractivity contribution in [3.05, 3.63) is 95.6 Å². The van der Waals surface area contributed by atoms with Crippen molar-refractivity contribution in [2.45, 2.75) is 26.3 Å². The first-order valence-electron chi connectivity index (χ1n) is 9.63. The number of halogens is 1. The van der Waals surface area contributed by atoms with E-state index >= 15 is 0 Å². The molecule has 1 amide bonds. The van der Waals surface area contributed by atoms with Crippen LogP contribution in [0.25, 0.3) is 11.0 Å². The third-order valence-corrected chi connectivity index (χ3v) is 4.85. The van der Waals surface area contributed by atoms with Crippen molar-refractivity contribution >= 4 is 22.6 Å². The Labute approximate surface area is 169 Å². The molecule has 0 aliphatic heterocycles. The van der Waals surface area contributed by atoms with Gasteiger partial charge in [0.05, 0.1) is 11.0 Å². The molecule has 0 fully saturated rings. The summed E-state index contributed by atoms with van der Waals surface area (Å²) in [6.45, 7) is 2.58. The molecule has 0 saturated carbocycles. The number of benzene rings is 3. The SMILES string of the molecule is Cc1cccc(Cc2nc3ccccc3n2CCC(=O)Nc2cccc(F)c2)c1. The summed E-state index contributed by atoms with van der Waals surface area (Å²) >= 11 is 0. The zero-order chi connectivity index (χ0) is 20.2. The highest BCUT2D eigenvalue weighted by Crippen LogP contribution is 2.20. The molecule has 0 saturated heterocycles. The second-order valence-electron chi connectivity index (χ2n) is 7.14. The number of carbonyl (C=O) groups excluding carboxylic acids is 1. The Bertz CT molecular complexity index is 1170. The molecule has 0 aliphatic carbocycles. The number of anilines is 1. The molecule has 0 unspecified atom stereocenters. The topological polar surface area (TPSA) is 46.9 Å². The minimum absolute atomic E-state index is 0.158. The summed E-state index contributed by atoms with van der Waals surface area (Å²) in [5.41, 5.74) is 4.78. The summed E-state index contributed by atoms with van der Waals surface area (Å²) < 4.78 is 15.4. The van der Waals surface area contributed by atoms with E-state index in [0.717, 1.165) is 16.9 Å². The maximum atomic E-state index is 13.3. The average Bonchev–Trinajstić information content (AvgIpc) is 3.03. The van der Waals surface area contributed by atoms with Crippen LogP contribution in [0.2, 0.25) is 0 Å². The van der Waals surface area contributed by atoms with E-state index in [1.807, 2.05) is 30.3 Å². The van der Waals surface area contributed by atoms with Gasteiger partial charge in [0.15, 0.2) is 0 Å². The Morgan fingerprint density at radius 3 is 2.69 bits per heavy atom. The molecule has 0 radical (unpaired) electrons. The molecule has 1 heterocycles. The fourth-order valence-electron chi connectivity index (χ4n) is 3.52. The van der Waals surface area contributed by atoms with Crippen molar-refractivity contribution in [1.82, 2.24) is 9.55 Å². The highest BCUT2D eigenvalue weighted by atomic mass is 19.1. The summed E-state index contributed by atoms with van der Waals surface area (Å²) in [4.78, 5) is 17.2. The number of carbonyl (C=O) groups is 1. The molecule has 4 nitrogen and oxygen atoms in total. The average molecular weight is 387 g/mol. The van der Waals surface area contributed by atoms with E-state index in [1.54, 1.807) is 12.1 Å². The molecule has 0 atom stereocenters. The van der Waals surface area contributed by atoms with Crippen LogP contribution in [-0.2, 0) is 17.8 Å². The highest BCUT2D eigenvalue weighted by Gasteiger charge is 2.13. The van der Waals surface area contributed by atoms with Gasteiger partial charge in [0, 0.05) is 25.1 Å². The lowest BCUT2D eigenvalue weighted by Crippen LogP contribution is -2.15. The minimum atomic E-state index is -0.371. The van der Waals surface area contributed by atoms with Gasteiger partial charge in [-0.1, -0.05) is 48.0 Å². The van der Waals surface area contributed by atoms with Gasteiger partial charge in [-0.25, -0.2) is 9.37 Å². The Morgan fingerprint density at radius 2 is 1.86 bits per heavy atom. The molecule has 146 valence electrons. The number of para-hydroxylation sites is 2. The van der Waals surface area contributed by atoms with Gasteiger partial charge in [-0.3, -0.25) is 4.79 Å². The number of aromatic nitrogens is 2. The van der Waals surface area contributed by atoms with Crippen LogP contribution in [-0.4, -0.2) is 15.5 Å². The van der Waals surface area contributed by atoms with Crippen LogP contribution in [0, 0.1) is 12.7 Å². The maximum Gasteiger partial charge on any atom is 0.226 e. The molecule has 4 aromatic rings. The van der Waals surface area contributed by atoms with E-state index in [2.05, 4.69) is 35.0 Å². The fraction of sp³-hybridized carbons (Fsp3) is 0.167. The van der Waals surface area contributed by atoms with Crippen molar-refractivity contribution < 1.29 is 9.18 Å². The number of imidazole rings is 1. The second kappa shape index (κ2) is 8.27. The second-order valence-corrected chi connectivity index (χ2v) is 7.14. The zero-order valence-electron chi connectivity index (χ0n) is 16.2. The van der Waals surface area contributed by atoms with E-state index in [9.17, 15) is 9.18 Å². The van der Waals surface area contributed by atoms with Crippen LogP contribution in [0.15, 0.2) is 72.8 Å². The lowest BCUT2D eigenvalue weighted by Gasteiger charge is -2.10. The van der Waals surface area contributed by atoms with Crippen LogP contribution >= 0.6 is 0 Å². The van der Waals surface area contributed by atoms with E-state index in [-0.39, 0.29) is 18.1 Å². The van der Waals surface area contributed by atoms with E-state index in [1.165, 1.54) is 23.3 Å². The van der Waals surface area contributed by atoms with Gasteiger partial charge < -0.3 is 9.88 Å². The van der Waals surface area contributed by atoms with Gasteiger partial charge in [-0.05, 0) is 42.8 Å². The molecule has 5 heteroatoms. The predicted octanol–water partition coefficient (Wildman–Crippen LogP) is 5.10. The summed E-state index contributed by atoms with van der Waals surface area (Å²) in [5.74, 6) is 0.397. The third-order valence-electron chi connectivity index (χ3n) is 4.85. The molecule has 0 spiro atoms. The number of hydrogen-bond acceptors (Lipinski definition) is 2. The van der Waals surface area contributed by atoms with Crippen molar-refractivity contribution in [2.75, 3.05) is 5.32 Å². The number of fused-ring (bicyclic) bond motifs is 1. The normalized spacial score (nSPS) is 11.0. The van der Waals surface area contributed by atoms with Crippen LogP contribution < -0.4 is 5.32 Å². The van der Waals surface area contributed by atoms with Crippen LogP contribution in [0.1, 0.15) is 23.4 Å². The summed E-state index contributed by atoms with van der Waals surface area (Å²) in [6, 6.07) is 22.2. The number of nitrogens with one attached hydrogen (secondary N) is 1. The molecular weight excluding hydrogens is 365 g/mol.